The summed E-state index contributed by atoms with van der Waals surface area (Å²) in [5.41, 5.74) is 5.60. The highest BCUT2D eigenvalue weighted by Gasteiger charge is 2.39. The number of carbonyl (C=O) groups excluding carboxylic acids is 1. The number of nitrogens with two attached hydrogens (primary N) is 1. The molecule has 3 N–H and O–H groups in total. The molecule has 6 heteroatoms. The van der Waals surface area contributed by atoms with Crippen LogP contribution < -0.4 is 5.73 Å². The number of carboxylic acids is 1. The van der Waals surface area contributed by atoms with Crippen LogP contribution in [0.2, 0.25) is 0 Å². The largest absolute Gasteiger partial charge is 0.480 e. The Labute approximate surface area is 126 Å². The molecule has 1 rings (SSSR count). The van der Waals surface area contributed by atoms with Gasteiger partial charge in [-0.1, -0.05) is 19.8 Å². The number of hydrogen-bond donors (Lipinski definition) is 2. The van der Waals surface area contributed by atoms with Crippen molar-refractivity contribution in [3.63, 3.8) is 0 Å². The first-order valence-corrected chi connectivity index (χ1v) is 7.78. The van der Waals surface area contributed by atoms with E-state index in [4.69, 9.17) is 10.5 Å². The molecule has 1 amide bonds. The van der Waals surface area contributed by atoms with Crippen LogP contribution in [0.4, 0.5) is 0 Å². The number of aliphatic carboxylic acids is 1. The number of carbonyl (C=O) groups is 2. The molecule has 0 bridgehead atoms. The molecule has 0 spiro atoms. The molecule has 1 heterocycles. The van der Waals surface area contributed by atoms with Gasteiger partial charge in [0.1, 0.15) is 6.04 Å². The van der Waals surface area contributed by atoms with Crippen molar-refractivity contribution >= 4 is 11.9 Å². The van der Waals surface area contributed by atoms with Crippen LogP contribution in [-0.4, -0.2) is 54.2 Å². The number of rotatable bonds is 9. The third-order valence-electron chi connectivity index (χ3n) is 4.24. The molecule has 1 saturated heterocycles. The van der Waals surface area contributed by atoms with Crippen LogP contribution in [0.5, 0.6) is 0 Å². The highest BCUT2D eigenvalue weighted by molar-refractivity contribution is 5.84. The predicted octanol–water partition coefficient (Wildman–Crippen LogP) is 1.23. The van der Waals surface area contributed by atoms with E-state index in [0.29, 0.717) is 31.8 Å². The molecule has 3 atom stereocenters. The van der Waals surface area contributed by atoms with Crippen LogP contribution in [0.15, 0.2) is 0 Å². The molecule has 0 aromatic heterocycles. The Bertz CT molecular complexity index is 343. The Morgan fingerprint density at radius 2 is 2.10 bits per heavy atom. The zero-order valence-electron chi connectivity index (χ0n) is 13.1. The standard InChI is InChI=1S/C15H28N2O4/c1-3-4-11(7-8-16)5-6-14(18)17-10-12(21-2)9-13(17)15(19)20/h11-13H,3-10,16H2,1-2H3,(H,19,20). The smallest absolute Gasteiger partial charge is 0.326 e. The maximum absolute atomic E-state index is 12.3. The van der Waals surface area contributed by atoms with E-state index in [-0.39, 0.29) is 12.0 Å². The van der Waals surface area contributed by atoms with Crippen molar-refractivity contribution in [1.29, 1.82) is 0 Å². The molecule has 3 unspecified atom stereocenters. The molecule has 1 fully saturated rings. The third-order valence-corrected chi connectivity index (χ3v) is 4.24. The van der Waals surface area contributed by atoms with Gasteiger partial charge in [-0.15, -0.1) is 0 Å². The van der Waals surface area contributed by atoms with Gasteiger partial charge in [0.15, 0.2) is 0 Å². The number of nitrogens with zero attached hydrogens (tertiary/aromatic N) is 1. The van der Waals surface area contributed by atoms with E-state index in [9.17, 15) is 14.7 Å². The van der Waals surface area contributed by atoms with Gasteiger partial charge in [0.2, 0.25) is 5.91 Å². The Kier molecular flexibility index (Phi) is 7.67. The van der Waals surface area contributed by atoms with Crippen molar-refractivity contribution in [2.24, 2.45) is 11.7 Å². The average Bonchev–Trinajstić information content (AvgIpc) is 2.89. The number of carboxylic acid groups (broad SMARTS) is 1. The zero-order valence-corrected chi connectivity index (χ0v) is 13.1. The number of ether oxygens (including phenoxy) is 1. The molecule has 1 aliphatic rings. The summed E-state index contributed by atoms with van der Waals surface area (Å²) in [6.45, 7) is 3.13. The monoisotopic (exact) mass is 300 g/mol. The number of hydrogen-bond acceptors (Lipinski definition) is 4. The molecule has 21 heavy (non-hydrogen) atoms. The van der Waals surface area contributed by atoms with Crippen LogP contribution in [0.25, 0.3) is 0 Å². The quantitative estimate of drug-likeness (QED) is 0.668. The molecular weight excluding hydrogens is 272 g/mol. The van der Waals surface area contributed by atoms with Crippen molar-refractivity contribution in [1.82, 2.24) is 4.90 Å². The van der Waals surface area contributed by atoms with Crippen molar-refractivity contribution in [3.8, 4) is 0 Å². The molecule has 0 radical (unpaired) electrons. The molecule has 6 nitrogen and oxygen atoms in total. The summed E-state index contributed by atoms with van der Waals surface area (Å²) in [6.07, 6.45) is 4.43. The lowest BCUT2D eigenvalue weighted by atomic mass is 9.94. The highest BCUT2D eigenvalue weighted by Crippen LogP contribution is 2.23. The van der Waals surface area contributed by atoms with Gasteiger partial charge < -0.3 is 20.5 Å². The van der Waals surface area contributed by atoms with Gasteiger partial charge in [-0.3, -0.25) is 4.79 Å². The number of methoxy groups -OCH3 is 1. The SMILES string of the molecule is CCCC(CCN)CCC(=O)N1CC(OC)CC1C(=O)O. The first-order chi connectivity index (χ1) is 10.0. The minimum Gasteiger partial charge on any atom is -0.480 e. The highest BCUT2D eigenvalue weighted by atomic mass is 16.5. The maximum Gasteiger partial charge on any atom is 0.326 e. The zero-order chi connectivity index (χ0) is 15.8. The predicted molar refractivity (Wildman–Crippen MR) is 79.9 cm³/mol. The summed E-state index contributed by atoms with van der Waals surface area (Å²) >= 11 is 0. The van der Waals surface area contributed by atoms with E-state index < -0.39 is 12.0 Å². The van der Waals surface area contributed by atoms with Gasteiger partial charge in [0.05, 0.1) is 6.10 Å². The summed E-state index contributed by atoms with van der Waals surface area (Å²) in [4.78, 5) is 25.0. The van der Waals surface area contributed by atoms with Crippen LogP contribution in [0.1, 0.15) is 45.4 Å². The number of amides is 1. The van der Waals surface area contributed by atoms with E-state index in [0.717, 1.165) is 25.7 Å². The van der Waals surface area contributed by atoms with Gasteiger partial charge >= 0.3 is 5.97 Å². The normalized spacial score (nSPS) is 23.3. The van der Waals surface area contributed by atoms with Gasteiger partial charge in [-0.2, -0.15) is 0 Å². The number of likely N-dealkylation sites (tertiary alicyclic amines) is 1. The summed E-state index contributed by atoms with van der Waals surface area (Å²) in [7, 11) is 1.55. The lowest BCUT2D eigenvalue weighted by Gasteiger charge is -2.22. The fourth-order valence-electron chi connectivity index (χ4n) is 3.03. The lowest BCUT2D eigenvalue weighted by Crippen LogP contribution is -2.40. The molecule has 122 valence electrons. The minimum atomic E-state index is -0.949. The average molecular weight is 300 g/mol. The van der Waals surface area contributed by atoms with Gasteiger partial charge in [-0.05, 0) is 25.3 Å². The first-order valence-electron chi connectivity index (χ1n) is 7.78. The van der Waals surface area contributed by atoms with Gasteiger partial charge in [0, 0.05) is 26.5 Å². The molecule has 0 aromatic carbocycles. The second-order valence-corrected chi connectivity index (χ2v) is 5.76. The van der Waals surface area contributed by atoms with E-state index in [1.165, 1.54) is 4.90 Å². The summed E-state index contributed by atoms with van der Waals surface area (Å²) < 4.78 is 5.20. The second-order valence-electron chi connectivity index (χ2n) is 5.76. The second kappa shape index (κ2) is 9.00. The molecular formula is C15H28N2O4. The Balaban J connectivity index is 2.54. The van der Waals surface area contributed by atoms with Crippen LogP contribution >= 0.6 is 0 Å². The van der Waals surface area contributed by atoms with E-state index in [1.807, 2.05) is 0 Å². The van der Waals surface area contributed by atoms with Crippen molar-refractivity contribution < 1.29 is 19.4 Å². The van der Waals surface area contributed by atoms with Crippen molar-refractivity contribution in [3.05, 3.63) is 0 Å². The van der Waals surface area contributed by atoms with Crippen molar-refractivity contribution in [2.75, 3.05) is 20.2 Å². The Morgan fingerprint density at radius 3 is 2.62 bits per heavy atom. The minimum absolute atomic E-state index is 0.0833. The van der Waals surface area contributed by atoms with E-state index in [2.05, 4.69) is 6.92 Å². The van der Waals surface area contributed by atoms with Crippen LogP contribution in [0.3, 0.4) is 0 Å². The summed E-state index contributed by atoms with van der Waals surface area (Å²) in [5, 5.41) is 9.23. The molecule has 0 saturated carbocycles. The van der Waals surface area contributed by atoms with Crippen LogP contribution in [-0.2, 0) is 14.3 Å². The maximum atomic E-state index is 12.3. The molecule has 0 aliphatic carbocycles. The Hall–Kier alpha value is -1.14. The summed E-state index contributed by atoms with van der Waals surface area (Å²) in [6, 6.07) is -0.749. The lowest BCUT2D eigenvalue weighted by molar-refractivity contribution is -0.148. The van der Waals surface area contributed by atoms with Crippen molar-refractivity contribution in [2.45, 2.75) is 57.6 Å². The Morgan fingerprint density at radius 1 is 1.38 bits per heavy atom. The molecule has 0 aromatic rings. The first kappa shape index (κ1) is 17.9. The molecule has 1 aliphatic heterocycles. The van der Waals surface area contributed by atoms with Gasteiger partial charge in [-0.25, -0.2) is 4.79 Å². The van der Waals surface area contributed by atoms with Crippen LogP contribution in [0, 0.1) is 5.92 Å². The third kappa shape index (κ3) is 5.28. The van der Waals surface area contributed by atoms with E-state index in [1.54, 1.807) is 7.11 Å². The fourth-order valence-corrected chi connectivity index (χ4v) is 3.03. The summed E-state index contributed by atoms with van der Waals surface area (Å²) in [5.74, 6) is -0.580. The topological polar surface area (TPSA) is 92.9 Å². The van der Waals surface area contributed by atoms with E-state index >= 15 is 0 Å². The fraction of sp³-hybridized carbons (Fsp3) is 0.867. The van der Waals surface area contributed by atoms with Gasteiger partial charge in [0.25, 0.3) is 0 Å².